The molecule has 2 fully saturated rings. The summed E-state index contributed by atoms with van der Waals surface area (Å²) in [7, 11) is 0. The highest BCUT2D eigenvalue weighted by Crippen LogP contribution is 2.28. The minimum atomic E-state index is -0.400. The lowest BCUT2D eigenvalue weighted by atomic mass is 9.87. The van der Waals surface area contributed by atoms with E-state index < -0.39 is 5.60 Å². The highest BCUT2D eigenvalue weighted by molar-refractivity contribution is 5.69. The van der Waals surface area contributed by atoms with E-state index in [1.165, 1.54) is 38.5 Å². The molecule has 0 unspecified atom stereocenters. The van der Waals surface area contributed by atoms with E-state index in [0.29, 0.717) is 6.04 Å². The van der Waals surface area contributed by atoms with Gasteiger partial charge in [0.25, 0.3) is 0 Å². The topological polar surface area (TPSA) is 41.6 Å². The van der Waals surface area contributed by atoms with Crippen molar-refractivity contribution < 1.29 is 9.53 Å². The Labute approximate surface area is 142 Å². The first kappa shape index (κ1) is 18.6. The van der Waals surface area contributed by atoms with Crippen LogP contribution >= 0.6 is 0 Å². The molecular formula is C19H36N2O2. The van der Waals surface area contributed by atoms with Gasteiger partial charge in [-0.05, 0) is 65.5 Å². The van der Waals surface area contributed by atoms with Gasteiger partial charge >= 0.3 is 6.09 Å². The van der Waals surface area contributed by atoms with E-state index in [1.807, 2.05) is 25.7 Å². The predicted octanol–water partition coefficient (Wildman–Crippen LogP) is 4.34. The third-order valence-corrected chi connectivity index (χ3v) is 4.82. The third kappa shape index (κ3) is 7.56. The summed E-state index contributed by atoms with van der Waals surface area (Å²) in [5, 5.41) is 3.56. The highest BCUT2D eigenvalue weighted by atomic mass is 16.6. The minimum Gasteiger partial charge on any atom is -0.444 e. The zero-order valence-corrected chi connectivity index (χ0v) is 15.4. The smallest absolute Gasteiger partial charge is 0.410 e. The van der Waals surface area contributed by atoms with E-state index in [4.69, 9.17) is 4.74 Å². The number of carbonyl (C=O) groups excluding carboxylic acids is 1. The van der Waals surface area contributed by atoms with E-state index in [9.17, 15) is 4.79 Å². The molecule has 0 bridgehead atoms. The Morgan fingerprint density at radius 2 is 1.78 bits per heavy atom. The van der Waals surface area contributed by atoms with Crippen LogP contribution in [0.5, 0.6) is 0 Å². The summed E-state index contributed by atoms with van der Waals surface area (Å²) >= 11 is 0. The quantitative estimate of drug-likeness (QED) is 0.675. The number of amides is 1. The van der Waals surface area contributed by atoms with Crippen molar-refractivity contribution in [2.24, 2.45) is 5.92 Å². The van der Waals surface area contributed by atoms with Crippen LogP contribution in [0.15, 0.2) is 0 Å². The second-order valence-corrected chi connectivity index (χ2v) is 8.30. The third-order valence-electron chi connectivity index (χ3n) is 4.82. The lowest BCUT2D eigenvalue weighted by Gasteiger charge is -2.27. The molecule has 23 heavy (non-hydrogen) atoms. The maximum Gasteiger partial charge on any atom is 0.410 e. The summed E-state index contributed by atoms with van der Waals surface area (Å²) in [6.07, 6.45) is 11.6. The SMILES string of the molecule is CC(C)(C)OC(=O)N(CCCNCCC1CCCCC1)C1CC1. The second-order valence-electron chi connectivity index (χ2n) is 8.30. The van der Waals surface area contributed by atoms with Gasteiger partial charge in [-0.3, -0.25) is 0 Å². The molecule has 0 radical (unpaired) electrons. The highest BCUT2D eigenvalue weighted by Gasteiger charge is 2.34. The number of nitrogens with one attached hydrogen (secondary N) is 1. The van der Waals surface area contributed by atoms with Gasteiger partial charge in [0.2, 0.25) is 0 Å². The molecule has 134 valence electrons. The molecule has 4 nitrogen and oxygen atoms in total. The number of ether oxygens (including phenoxy) is 1. The number of nitrogens with zero attached hydrogens (tertiary/aromatic N) is 1. The summed E-state index contributed by atoms with van der Waals surface area (Å²) in [6, 6.07) is 0.423. The maximum absolute atomic E-state index is 12.3. The monoisotopic (exact) mass is 324 g/mol. The summed E-state index contributed by atoms with van der Waals surface area (Å²) in [5.41, 5.74) is -0.400. The first-order valence-corrected chi connectivity index (χ1v) is 9.66. The molecule has 0 aromatic carbocycles. The molecular weight excluding hydrogens is 288 g/mol. The van der Waals surface area contributed by atoms with Gasteiger partial charge in [0.15, 0.2) is 0 Å². The van der Waals surface area contributed by atoms with Crippen LogP contribution in [-0.2, 0) is 4.74 Å². The molecule has 1 amide bonds. The summed E-state index contributed by atoms with van der Waals surface area (Å²) in [5.74, 6) is 0.945. The van der Waals surface area contributed by atoms with Gasteiger partial charge in [0.1, 0.15) is 5.60 Å². The molecule has 2 rings (SSSR count). The molecule has 4 heteroatoms. The molecule has 0 saturated heterocycles. The number of rotatable bonds is 8. The van der Waals surface area contributed by atoms with Crippen molar-refractivity contribution >= 4 is 6.09 Å². The molecule has 2 aliphatic carbocycles. The van der Waals surface area contributed by atoms with Crippen LogP contribution in [0, 0.1) is 5.92 Å². The van der Waals surface area contributed by atoms with Crippen molar-refractivity contribution in [2.75, 3.05) is 19.6 Å². The average molecular weight is 325 g/mol. The van der Waals surface area contributed by atoms with Crippen LogP contribution in [0.2, 0.25) is 0 Å². The molecule has 0 atom stereocenters. The first-order valence-electron chi connectivity index (χ1n) is 9.66. The first-order chi connectivity index (χ1) is 11.0. The number of carbonyl (C=O) groups is 1. The molecule has 0 spiro atoms. The van der Waals surface area contributed by atoms with Crippen LogP contribution in [0.3, 0.4) is 0 Å². The van der Waals surface area contributed by atoms with Crippen molar-refractivity contribution in [1.82, 2.24) is 10.2 Å². The van der Waals surface area contributed by atoms with Crippen LogP contribution in [0.1, 0.15) is 78.6 Å². The predicted molar refractivity (Wildman–Crippen MR) is 94.6 cm³/mol. The molecule has 0 heterocycles. The van der Waals surface area contributed by atoms with E-state index >= 15 is 0 Å². The fraction of sp³-hybridized carbons (Fsp3) is 0.947. The Morgan fingerprint density at radius 3 is 2.39 bits per heavy atom. The summed E-state index contributed by atoms with van der Waals surface area (Å²) < 4.78 is 5.53. The zero-order chi connectivity index (χ0) is 16.7. The summed E-state index contributed by atoms with van der Waals surface area (Å²) in [6.45, 7) is 8.74. The Balaban J connectivity index is 1.56. The second kappa shape index (κ2) is 8.91. The Hall–Kier alpha value is -0.770. The lowest BCUT2D eigenvalue weighted by Crippen LogP contribution is -2.39. The number of hydrogen-bond donors (Lipinski definition) is 1. The van der Waals surface area contributed by atoms with Gasteiger partial charge in [0.05, 0.1) is 0 Å². The Kier molecular flexibility index (Phi) is 7.19. The molecule has 0 aromatic rings. The van der Waals surface area contributed by atoms with Crippen LogP contribution < -0.4 is 5.32 Å². The van der Waals surface area contributed by atoms with Gasteiger partial charge in [0, 0.05) is 12.6 Å². The van der Waals surface area contributed by atoms with Crippen molar-refractivity contribution in [3.8, 4) is 0 Å². The maximum atomic E-state index is 12.3. The molecule has 2 aliphatic rings. The van der Waals surface area contributed by atoms with Crippen molar-refractivity contribution in [2.45, 2.75) is 90.2 Å². The fourth-order valence-electron chi connectivity index (χ4n) is 3.41. The van der Waals surface area contributed by atoms with E-state index in [-0.39, 0.29) is 6.09 Å². The zero-order valence-electron chi connectivity index (χ0n) is 15.4. The standard InChI is InChI=1S/C19H36N2O2/c1-19(2,3)23-18(22)21(17-10-11-17)15-7-13-20-14-12-16-8-5-4-6-9-16/h16-17,20H,4-15H2,1-3H3. The van der Waals surface area contributed by atoms with Gasteiger partial charge in [-0.25, -0.2) is 4.79 Å². The normalized spacial score (nSPS) is 19.6. The molecule has 2 saturated carbocycles. The van der Waals surface area contributed by atoms with Crippen LogP contribution in [0.4, 0.5) is 4.79 Å². The largest absolute Gasteiger partial charge is 0.444 e. The Morgan fingerprint density at radius 1 is 1.09 bits per heavy atom. The van der Waals surface area contributed by atoms with Gasteiger partial charge in [-0.15, -0.1) is 0 Å². The van der Waals surface area contributed by atoms with Crippen LogP contribution in [0.25, 0.3) is 0 Å². The molecule has 0 aliphatic heterocycles. The van der Waals surface area contributed by atoms with E-state index in [2.05, 4.69) is 5.32 Å². The average Bonchev–Trinajstić information content (AvgIpc) is 3.30. The van der Waals surface area contributed by atoms with Gasteiger partial charge < -0.3 is 15.0 Å². The van der Waals surface area contributed by atoms with Gasteiger partial charge in [-0.2, -0.15) is 0 Å². The Bertz CT molecular complexity index is 355. The van der Waals surface area contributed by atoms with E-state index in [0.717, 1.165) is 44.8 Å². The van der Waals surface area contributed by atoms with Crippen LogP contribution in [-0.4, -0.2) is 42.3 Å². The number of hydrogen-bond acceptors (Lipinski definition) is 3. The fourth-order valence-corrected chi connectivity index (χ4v) is 3.41. The van der Waals surface area contributed by atoms with E-state index in [1.54, 1.807) is 0 Å². The molecule has 0 aromatic heterocycles. The van der Waals surface area contributed by atoms with Crippen molar-refractivity contribution in [1.29, 1.82) is 0 Å². The summed E-state index contributed by atoms with van der Waals surface area (Å²) in [4.78, 5) is 14.2. The molecule has 1 N–H and O–H groups in total. The van der Waals surface area contributed by atoms with Gasteiger partial charge in [-0.1, -0.05) is 32.1 Å². The van der Waals surface area contributed by atoms with Crippen molar-refractivity contribution in [3.63, 3.8) is 0 Å². The van der Waals surface area contributed by atoms with Crippen molar-refractivity contribution in [3.05, 3.63) is 0 Å². The minimum absolute atomic E-state index is 0.137. The lowest BCUT2D eigenvalue weighted by molar-refractivity contribution is 0.0232.